The fourth-order valence-corrected chi connectivity index (χ4v) is 3.73. The largest absolute Gasteiger partial charge is 0.333 e. The minimum atomic E-state index is -0.932. The standard InChI is InChI=1S/C19H24N4O2S/c1-14-6-5-7-15(12-14)23-18(25)16(17(24)21-19(23)26)13-20-8-11-22-9-3-2-4-10-22/h5-7,12-13,16H,2-4,8-11H2,1H3,(H,21,24,26)/p+1/t16-/m0/s1. The molecule has 0 unspecified atom stereocenters. The van der Waals surface area contributed by atoms with Crippen LogP contribution in [-0.2, 0) is 9.59 Å². The van der Waals surface area contributed by atoms with Crippen LogP contribution in [0.2, 0.25) is 0 Å². The number of aryl methyl sites for hydroxylation is 1. The van der Waals surface area contributed by atoms with Gasteiger partial charge in [-0.2, -0.15) is 0 Å². The first-order chi connectivity index (χ1) is 12.6. The van der Waals surface area contributed by atoms with Gasteiger partial charge in [-0.3, -0.25) is 19.5 Å². The first kappa shape index (κ1) is 18.7. The Labute approximate surface area is 159 Å². The molecule has 0 radical (unpaired) electrons. The van der Waals surface area contributed by atoms with Gasteiger partial charge in [0.1, 0.15) is 0 Å². The molecule has 0 aliphatic carbocycles. The number of likely N-dealkylation sites (tertiary alicyclic amines) is 1. The number of nitrogens with one attached hydrogen (secondary N) is 2. The van der Waals surface area contributed by atoms with Crippen LogP contribution >= 0.6 is 12.2 Å². The fraction of sp³-hybridized carbons (Fsp3) is 0.474. The summed E-state index contributed by atoms with van der Waals surface area (Å²) in [5, 5.41) is 2.74. The summed E-state index contributed by atoms with van der Waals surface area (Å²) in [5.41, 5.74) is 1.68. The van der Waals surface area contributed by atoms with Crippen molar-refractivity contribution in [2.45, 2.75) is 26.2 Å². The summed E-state index contributed by atoms with van der Waals surface area (Å²) in [7, 11) is 0. The number of amides is 2. The maximum Gasteiger partial charge on any atom is 0.251 e. The molecular weight excluding hydrogens is 348 g/mol. The molecular formula is C19H25N4O2S+. The lowest BCUT2D eigenvalue weighted by atomic mass is 10.1. The van der Waals surface area contributed by atoms with Gasteiger partial charge in [0.15, 0.2) is 11.0 Å². The highest BCUT2D eigenvalue weighted by molar-refractivity contribution is 7.80. The number of rotatable bonds is 5. The third-order valence-corrected chi connectivity index (χ3v) is 5.16. The van der Waals surface area contributed by atoms with E-state index in [0.717, 1.165) is 12.1 Å². The monoisotopic (exact) mass is 373 g/mol. The second kappa shape index (κ2) is 8.51. The number of carbonyl (C=O) groups excluding carboxylic acids is 2. The molecule has 1 atom stereocenters. The van der Waals surface area contributed by atoms with Crippen LogP contribution in [0, 0.1) is 12.8 Å². The summed E-state index contributed by atoms with van der Waals surface area (Å²) >= 11 is 5.21. The van der Waals surface area contributed by atoms with E-state index in [4.69, 9.17) is 12.2 Å². The van der Waals surface area contributed by atoms with Gasteiger partial charge in [-0.05, 0) is 56.1 Å². The summed E-state index contributed by atoms with van der Waals surface area (Å²) in [4.78, 5) is 32.3. The molecule has 1 aromatic carbocycles. The van der Waals surface area contributed by atoms with Crippen molar-refractivity contribution < 1.29 is 14.5 Å². The average molecular weight is 374 g/mol. The Morgan fingerprint density at radius 1 is 1.31 bits per heavy atom. The van der Waals surface area contributed by atoms with Gasteiger partial charge < -0.3 is 10.2 Å². The second-order valence-electron chi connectivity index (χ2n) is 6.90. The van der Waals surface area contributed by atoms with Crippen molar-refractivity contribution in [1.82, 2.24) is 5.32 Å². The number of anilines is 1. The molecule has 26 heavy (non-hydrogen) atoms. The zero-order valence-corrected chi connectivity index (χ0v) is 15.8. The highest BCUT2D eigenvalue weighted by Crippen LogP contribution is 2.21. The number of nitrogens with zero attached hydrogens (tertiary/aromatic N) is 2. The molecule has 0 aromatic heterocycles. The first-order valence-electron chi connectivity index (χ1n) is 9.15. The second-order valence-corrected chi connectivity index (χ2v) is 7.29. The summed E-state index contributed by atoms with van der Waals surface area (Å²) in [5.74, 6) is -1.69. The molecule has 7 heteroatoms. The van der Waals surface area contributed by atoms with E-state index in [2.05, 4.69) is 10.3 Å². The van der Waals surface area contributed by atoms with Gasteiger partial charge in [-0.1, -0.05) is 12.1 Å². The lowest BCUT2D eigenvalue weighted by Gasteiger charge is -2.31. The molecule has 0 spiro atoms. The molecule has 1 aromatic rings. The summed E-state index contributed by atoms with van der Waals surface area (Å²) < 4.78 is 0. The zero-order valence-electron chi connectivity index (χ0n) is 15.0. The molecule has 6 nitrogen and oxygen atoms in total. The molecule has 0 saturated carbocycles. The quantitative estimate of drug-likeness (QED) is 0.449. The predicted molar refractivity (Wildman–Crippen MR) is 106 cm³/mol. The van der Waals surface area contributed by atoms with Crippen molar-refractivity contribution in [3.05, 3.63) is 29.8 Å². The number of piperidine rings is 1. The maximum absolute atomic E-state index is 12.8. The molecule has 2 N–H and O–H groups in total. The van der Waals surface area contributed by atoms with Crippen molar-refractivity contribution in [2.75, 3.05) is 31.1 Å². The van der Waals surface area contributed by atoms with E-state index in [0.29, 0.717) is 12.2 Å². The van der Waals surface area contributed by atoms with Crippen LogP contribution in [0.25, 0.3) is 0 Å². The van der Waals surface area contributed by atoms with E-state index in [1.54, 1.807) is 4.90 Å². The Morgan fingerprint density at radius 3 is 2.81 bits per heavy atom. The fourth-order valence-electron chi connectivity index (χ4n) is 3.44. The number of quaternary nitrogens is 1. The third-order valence-electron chi connectivity index (χ3n) is 4.87. The zero-order chi connectivity index (χ0) is 18.5. The van der Waals surface area contributed by atoms with Gasteiger partial charge in [-0.25, -0.2) is 0 Å². The highest BCUT2D eigenvalue weighted by Gasteiger charge is 2.38. The van der Waals surface area contributed by atoms with Crippen LogP contribution in [0.3, 0.4) is 0 Å². The number of hydrogen-bond acceptors (Lipinski definition) is 4. The Morgan fingerprint density at radius 2 is 2.08 bits per heavy atom. The Hall–Kier alpha value is -2.12. The SMILES string of the molecule is Cc1cccc(N2C(=O)[C@@H](C=NCC[NH+]3CCCCC3)C(=O)NC2=S)c1. The number of benzene rings is 1. The average Bonchev–Trinajstić information content (AvgIpc) is 2.61. The van der Waals surface area contributed by atoms with Crippen molar-refractivity contribution in [3.8, 4) is 0 Å². The minimum absolute atomic E-state index is 0.119. The molecule has 0 bridgehead atoms. The van der Waals surface area contributed by atoms with E-state index >= 15 is 0 Å². The van der Waals surface area contributed by atoms with Gasteiger partial charge >= 0.3 is 0 Å². The Kier molecular flexibility index (Phi) is 6.11. The van der Waals surface area contributed by atoms with Gasteiger partial charge in [0, 0.05) is 6.21 Å². The van der Waals surface area contributed by atoms with E-state index in [9.17, 15) is 9.59 Å². The van der Waals surface area contributed by atoms with Crippen LogP contribution < -0.4 is 15.1 Å². The molecule has 2 saturated heterocycles. The van der Waals surface area contributed by atoms with Crippen LogP contribution in [-0.4, -0.2) is 49.3 Å². The summed E-state index contributed by atoms with van der Waals surface area (Å²) in [6, 6.07) is 7.49. The summed E-state index contributed by atoms with van der Waals surface area (Å²) in [6.07, 6.45) is 5.33. The minimum Gasteiger partial charge on any atom is -0.333 e. The smallest absolute Gasteiger partial charge is 0.251 e. The topological polar surface area (TPSA) is 66.2 Å². The number of carbonyl (C=O) groups is 2. The Balaban J connectivity index is 1.66. The van der Waals surface area contributed by atoms with Crippen molar-refractivity contribution in [1.29, 1.82) is 0 Å². The normalized spacial score (nSPS) is 22.1. The molecule has 2 heterocycles. The van der Waals surface area contributed by atoms with Crippen LogP contribution in [0.4, 0.5) is 5.69 Å². The van der Waals surface area contributed by atoms with Gasteiger partial charge in [-0.15, -0.1) is 0 Å². The van der Waals surface area contributed by atoms with E-state index in [-0.39, 0.29) is 11.0 Å². The predicted octanol–water partition coefficient (Wildman–Crippen LogP) is 0.499. The number of thiocarbonyl (C=S) groups is 1. The van der Waals surface area contributed by atoms with Crippen LogP contribution in [0.1, 0.15) is 24.8 Å². The van der Waals surface area contributed by atoms with E-state index in [1.165, 1.54) is 43.5 Å². The number of aliphatic imine (C=N–C) groups is 1. The van der Waals surface area contributed by atoms with E-state index < -0.39 is 11.8 Å². The lowest BCUT2D eigenvalue weighted by molar-refractivity contribution is -0.903. The molecule has 3 rings (SSSR count). The van der Waals surface area contributed by atoms with Gasteiger partial charge in [0.05, 0.1) is 31.9 Å². The highest BCUT2D eigenvalue weighted by atomic mass is 32.1. The molecule has 2 aliphatic rings. The van der Waals surface area contributed by atoms with Crippen molar-refractivity contribution in [2.24, 2.45) is 10.9 Å². The molecule has 2 fully saturated rings. The van der Waals surface area contributed by atoms with Crippen molar-refractivity contribution >= 4 is 41.0 Å². The van der Waals surface area contributed by atoms with E-state index in [1.807, 2.05) is 31.2 Å². The third kappa shape index (κ3) is 4.34. The first-order valence-corrected chi connectivity index (χ1v) is 9.56. The molecule has 2 aliphatic heterocycles. The van der Waals surface area contributed by atoms with Gasteiger partial charge in [0.2, 0.25) is 5.91 Å². The van der Waals surface area contributed by atoms with Crippen molar-refractivity contribution in [3.63, 3.8) is 0 Å². The Bertz CT molecular complexity index is 728. The number of hydrogen-bond donors (Lipinski definition) is 2. The van der Waals surface area contributed by atoms with Crippen LogP contribution in [0.5, 0.6) is 0 Å². The van der Waals surface area contributed by atoms with Gasteiger partial charge in [0.25, 0.3) is 5.91 Å². The summed E-state index contributed by atoms with van der Waals surface area (Å²) in [6.45, 7) is 5.89. The lowest BCUT2D eigenvalue weighted by Crippen LogP contribution is -3.13. The maximum atomic E-state index is 12.8. The molecule has 138 valence electrons. The molecule has 2 amide bonds. The van der Waals surface area contributed by atoms with Crippen LogP contribution in [0.15, 0.2) is 29.3 Å².